The Bertz CT molecular complexity index is 1330. The van der Waals surface area contributed by atoms with E-state index in [2.05, 4.69) is 32.9 Å². The second-order valence-corrected chi connectivity index (χ2v) is 14.1. The van der Waals surface area contributed by atoms with E-state index in [-0.39, 0.29) is 55.9 Å². The fraction of sp³-hybridized carbons (Fsp3) is 0.676. The summed E-state index contributed by atoms with van der Waals surface area (Å²) in [6.45, 7) is 6.82. The molecule has 54 heavy (non-hydrogen) atoms. The number of nitrogens with zero attached hydrogens (tertiary/aromatic N) is 4. The van der Waals surface area contributed by atoms with Crippen molar-refractivity contribution in [2.45, 2.75) is 122 Å². The van der Waals surface area contributed by atoms with Gasteiger partial charge in [-0.1, -0.05) is 65.0 Å². The third-order valence-electron chi connectivity index (χ3n) is 9.01. The van der Waals surface area contributed by atoms with E-state index in [1.54, 1.807) is 19.2 Å². The van der Waals surface area contributed by atoms with Crippen LogP contribution in [0, 0.1) is 5.92 Å². The molecule has 0 saturated heterocycles. The number of carbonyl (C=O) groups excluding carboxylic acids is 4. The molecule has 1 aromatic carbocycles. The summed E-state index contributed by atoms with van der Waals surface area (Å²) in [7, 11) is 3.12. The van der Waals surface area contributed by atoms with E-state index in [0.29, 0.717) is 25.8 Å². The Morgan fingerprint density at radius 3 is 1.87 bits per heavy atom. The average Bonchev–Trinajstić information content (AvgIpc) is 3.12. The highest BCUT2D eigenvalue weighted by Crippen LogP contribution is 2.16. The fourth-order valence-corrected chi connectivity index (χ4v) is 5.95. The Balaban J connectivity index is 3.32. The molecule has 0 aromatic heterocycles. The van der Waals surface area contributed by atoms with Crippen LogP contribution in [0.15, 0.2) is 34.3 Å². The maximum atomic E-state index is 14.3. The van der Waals surface area contributed by atoms with Crippen LogP contribution in [-0.2, 0) is 25.6 Å². The van der Waals surface area contributed by atoms with Gasteiger partial charge in [0.1, 0.15) is 23.9 Å². The number of nitrogens with two attached hydrogens (primary N) is 5. The van der Waals surface area contributed by atoms with Crippen molar-refractivity contribution >= 4 is 35.5 Å². The van der Waals surface area contributed by atoms with Crippen molar-refractivity contribution in [3.8, 4) is 5.75 Å². The predicted molar refractivity (Wildman–Crippen MR) is 214 cm³/mol. The average molecular weight is 761 g/mol. The molecule has 0 aliphatic carbocycles. The topological polar surface area (TPSA) is 286 Å². The summed E-state index contributed by atoms with van der Waals surface area (Å²) in [6, 6.07) is 2.74. The second-order valence-electron chi connectivity index (χ2n) is 14.1. The van der Waals surface area contributed by atoms with Crippen molar-refractivity contribution in [2.75, 3.05) is 33.7 Å². The van der Waals surface area contributed by atoms with Gasteiger partial charge >= 0.3 is 0 Å². The van der Waals surface area contributed by atoms with Crippen LogP contribution in [0.4, 0.5) is 0 Å². The highest BCUT2D eigenvalue weighted by Gasteiger charge is 2.35. The Morgan fingerprint density at radius 2 is 1.31 bits per heavy atom. The van der Waals surface area contributed by atoms with E-state index >= 15 is 0 Å². The number of guanidine groups is 2. The second kappa shape index (κ2) is 26.2. The number of nitrogens with one attached hydrogen (secondary N) is 3. The van der Waals surface area contributed by atoms with Gasteiger partial charge < -0.3 is 48.9 Å². The largest absolute Gasteiger partial charge is 0.508 e. The third kappa shape index (κ3) is 18.9. The van der Waals surface area contributed by atoms with Crippen LogP contribution in [0.3, 0.4) is 0 Å². The first-order valence-electron chi connectivity index (χ1n) is 19.1. The van der Waals surface area contributed by atoms with Gasteiger partial charge in [0.25, 0.3) is 5.91 Å². The molecule has 0 bridgehead atoms. The lowest BCUT2D eigenvalue weighted by Gasteiger charge is -2.33. The lowest BCUT2D eigenvalue weighted by Crippen LogP contribution is -2.59. The number of aromatic hydroxyl groups is 1. The number of amides is 4. The molecule has 0 heterocycles. The van der Waals surface area contributed by atoms with Gasteiger partial charge in [0, 0.05) is 26.7 Å². The number of hydrazine groups is 1. The van der Waals surface area contributed by atoms with Crippen molar-refractivity contribution in [3.05, 3.63) is 29.8 Å². The molecular formula is C37H68N12O5. The monoisotopic (exact) mass is 761 g/mol. The summed E-state index contributed by atoms with van der Waals surface area (Å²) in [6.07, 6.45) is 7.83. The molecule has 0 aliphatic heterocycles. The molecule has 0 aliphatic rings. The minimum Gasteiger partial charge on any atom is -0.508 e. The molecule has 17 heteroatoms. The van der Waals surface area contributed by atoms with E-state index in [9.17, 15) is 24.3 Å². The zero-order valence-electron chi connectivity index (χ0n) is 33.1. The van der Waals surface area contributed by atoms with Crippen LogP contribution in [0.25, 0.3) is 0 Å². The quantitative estimate of drug-likeness (QED) is 0.0149. The maximum Gasteiger partial charge on any atom is 0.259 e. The summed E-state index contributed by atoms with van der Waals surface area (Å²) in [5, 5.41) is 19.6. The highest BCUT2D eigenvalue weighted by molar-refractivity contribution is 5.94. The first-order chi connectivity index (χ1) is 25.6. The normalized spacial score (nSPS) is 13.2. The van der Waals surface area contributed by atoms with Crippen LogP contribution in [0.5, 0.6) is 5.75 Å². The minimum atomic E-state index is -1.05. The van der Waals surface area contributed by atoms with Gasteiger partial charge in [0.2, 0.25) is 17.7 Å². The number of benzene rings is 1. The molecule has 306 valence electrons. The molecule has 0 fully saturated rings. The molecule has 1 aromatic rings. The van der Waals surface area contributed by atoms with Crippen molar-refractivity contribution < 1.29 is 24.3 Å². The maximum absolute atomic E-state index is 14.3. The van der Waals surface area contributed by atoms with Gasteiger partial charge in [-0.3, -0.25) is 34.2 Å². The number of aliphatic imine (C=N–C) groups is 2. The van der Waals surface area contributed by atoms with Crippen molar-refractivity contribution in [1.82, 2.24) is 25.9 Å². The van der Waals surface area contributed by atoms with Gasteiger partial charge in [-0.2, -0.15) is 0 Å². The molecule has 0 unspecified atom stereocenters. The van der Waals surface area contributed by atoms with E-state index < -0.39 is 47.8 Å². The van der Waals surface area contributed by atoms with Gasteiger partial charge in [-0.05, 0) is 75.6 Å². The van der Waals surface area contributed by atoms with Crippen LogP contribution < -0.4 is 44.7 Å². The van der Waals surface area contributed by atoms with E-state index in [1.165, 1.54) is 35.5 Å². The Kier molecular flexibility index (Phi) is 23.0. The molecule has 0 saturated carbocycles. The van der Waals surface area contributed by atoms with Crippen molar-refractivity contribution in [1.29, 1.82) is 0 Å². The van der Waals surface area contributed by atoms with Crippen LogP contribution in [-0.4, -0.2) is 108 Å². The van der Waals surface area contributed by atoms with E-state index in [4.69, 9.17) is 28.8 Å². The Morgan fingerprint density at radius 1 is 0.759 bits per heavy atom. The van der Waals surface area contributed by atoms with Crippen LogP contribution in [0.2, 0.25) is 0 Å². The van der Waals surface area contributed by atoms with Gasteiger partial charge in [-0.15, -0.1) is 0 Å². The Hall–Kier alpha value is -4.64. The summed E-state index contributed by atoms with van der Waals surface area (Å²) < 4.78 is 0. The summed E-state index contributed by atoms with van der Waals surface area (Å²) in [4.78, 5) is 64.8. The lowest BCUT2D eigenvalue weighted by molar-refractivity contribution is -0.144. The van der Waals surface area contributed by atoms with E-state index in [0.717, 1.165) is 37.7 Å². The summed E-state index contributed by atoms with van der Waals surface area (Å²) in [5.41, 5.74) is 22.8. The molecule has 1 rings (SSSR count). The third-order valence-corrected chi connectivity index (χ3v) is 9.01. The molecule has 4 atom stereocenters. The summed E-state index contributed by atoms with van der Waals surface area (Å²) >= 11 is 0. The number of likely N-dealkylation sites (N-methyl/N-ethyl adjacent to an activating group) is 2. The van der Waals surface area contributed by atoms with Gasteiger partial charge in [-0.25, -0.2) is 5.84 Å². The molecular weight excluding hydrogens is 692 g/mol. The highest BCUT2D eigenvalue weighted by atomic mass is 16.3. The fourth-order valence-electron chi connectivity index (χ4n) is 5.95. The number of rotatable bonds is 27. The number of unbranched alkanes of at least 4 members (excludes halogenated alkanes) is 5. The number of carbonyl (C=O) groups is 4. The molecule has 14 N–H and O–H groups in total. The minimum absolute atomic E-state index is 0.0490. The van der Waals surface area contributed by atoms with E-state index in [1.807, 2.05) is 13.8 Å². The Labute approximate surface area is 321 Å². The SMILES string of the molecule is CCCCCCCCN(N)C(=O)[C@@H](CC(C)C)NC(=O)[C@H](CCCN=C(N)N)N(C)C(=O)[C@H](CCCN=C(N)N)NC(=O)[C@H](Cc1ccc(O)cc1)NC. The lowest BCUT2D eigenvalue weighted by atomic mass is 10.0. The van der Waals surface area contributed by atoms with Crippen LogP contribution >= 0.6 is 0 Å². The van der Waals surface area contributed by atoms with Crippen molar-refractivity contribution in [3.63, 3.8) is 0 Å². The first kappa shape index (κ1) is 47.4. The van der Waals surface area contributed by atoms with Crippen LogP contribution in [0.1, 0.15) is 97.0 Å². The number of hydrogen-bond acceptors (Lipinski definition) is 9. The molecule has 17 nitrogen and oxygen atoms in total. The summed E-state index contributed by atoms with van der Waals surface area (Å²) in [5.74, 6) is 4.25. The number of phenolic OH excluding ortho intramolecular Hbond substituents is 1. The first-order valence-corrected chi connectivity index (χ1v) is 19.1. The van der Waals surface area contributed by atoms with Crippen molar-refractivity contribution in [2.24, 2.45) is 44.7 Å². The predicted octanol–water partition coefficient (Wildman–Crippen LogP) is 0.535. The molecule has 0 radical (unpaired) electrons. The smallest absolute Gasteiger partial charge is 0.259 e. The molecule has 4 amide bonds. The van der Waals surface area contributed by atoms with Gasteiger partial charge in [0.15, 0.2) is 11.9 Å². The van der Waals surface area contributed by atoms with Gasteiger partial charge in [0.05, 0.1) is 6.04 Å². The standard InChI is InChI=1S/C37H68N12O5/c1-6-7-8-9-10-11-22-49(42)35(54)30(23-25(2)3)47-33(52)31(15-13-21-45-37(40)41)48(5)34(53)28(14-12-20-44-36(38)39)46-32(51)29(43-4)24-26-16-18-27(50)19-17-26/h16-19,25,28-31,43,50H,6-15,20-24,42H2,1-5H3,(H,46,51)(H,47,52)(H4,38,39,44)(H4,40,41,45)/t28-,29-,30+,31-/m0/s1. The molecule has 0 spiro atoms. The number of hydrogen-bond donors (Lipinski definition) is 9. The zero-order valence-corrected chi connectivity index (χ0v) is 33.1. The number of phenols is 1. The zero-order chi connectivity index (χ0) is 40.6.